The molecule has 0 aliphatic heterocycles. The third kappa shape index (κ3) is 7.11. The van der Waals surface area contributed by atoms with Crippen molar-refractivity contribution in [2.75, 3.05) is 6.54 Å². The predicted octanol–water partition coefficient (Wildman–Crippen LogP) is -1.63. The summed E-state index contributed by atoms with van der Waals surface area (Å²) in [5.74, 6) is -1.32. The van der Waals surface area contributed by atoms with E-state index in [0.717, 1.165) is 0 Å². The van der Waals surface area contributed by atoms with Crippen molar-refractivity contribution in [3.8, 4) is 0 Å². The van der Waals surface area contributed by atoms with Crippen LogP contribution < -0.4 is 22.1 Å². The van der Waals surface area contributed by atoms with Crippen LogP contribution in [-0.4, -0.2) is 35.7 Å². The Kier molecular flexibility index (Phi) is 5.60. The van der Waals surface area contributed by atoms with Gasteiger partial charge in [0.1, 0.15) is 6.04 Å². The maximum atomic E-state index is 10.6. The van der Waals surface area contributed by atoms with Gasteiger partial charge in [-0.25, -0.2) is 9.59 Å². The Balaban J connectivity index is 3.81. The van der Waals surface area contributed by atoms with Crippen LogP contribution in [0.25, 0.3) is 0 Å². The third-order valence-corrected chi connectivity index (χ3v) is 1.60. The van der Waals surface area contributed by atoms with Crippen molar-refractivity contribution >= 4 is 18.0 Å². The number of carboxylic acid groups (broad SMARTS) is 1. The Morgan fingerprint density at radius 2 is 2.00 bits per heavy atom. The van der Waals surface area contributed by atoms with Gasteiger partial charge in [0.2, 0.25) is 0 Å². The number of hydrogen-bond donors (Lipinski definition) is 6. The molecule has 1 atom stereocenters. The van der Waals surface area contributed by atoms with Crippen molar-refractivity contribution < 1.29 is 14.7 Å². The van der Waals surface area contributed by atoms with E-state index in [4.69, 9.17) is 22.0 Å². The van der Waals surface area contributed by atoms with Gasteiger partial charge in [-0.2, -0.15) is 0 Å². The lowest BCUT2D eigenvalue weighted by atomic mass is 10.1. The number of hydrogen-bond acceptors (Lipinski definition) is 3. The summed E-state index contributed by atoms with van der Waals surface area (Å²) < 4.78 is 0. The molecule has 0 bridgehead atoms. The number of nitrogens with one attached hydrogen (secondary N) is 3. The van der Waals surface area contributed by atoms with Crippen molar-refractivity contribution in [2.24, 2.45) is 11.5 Å². The molecule has 0 fully saturated rings. The second kappa shape index (κ2) is 6.46. The predicted molar refractivity (Wildman–Crippen MR) is 53.3 cm³/mol. The Morgan fingerprint density at radius 1 is 1.40 bits per heavy atom. The highest BCUT2D eigenvalue weighted by Gasteiger charge is 2.17. The molecule has 2 amide bonds. The molecule has 0 saturated carbocycles. The summed E-state index contributed by atoms with van der Waals surface area (Å²) in [6.07, 6.45) is 0.676. The van der Waals surface area contributed by atoms with Crippen LogP contribution in [0.4, 0.5) is 4.79 Å². The highest BCUT2D eigenvalue weighted by Crippen LogP contribution is 1.96. The Bertz CT molecular complexity index is 255. The molecular formula is C7H15N5O3. The number of guanidine groups is 1. The zero-order valence-corrected chi connectivity index (χ0v) is 8.12. The first-order valence-electron chi connectivity index (χ1n) is 4.30. The molecule has 0 unspecified atom stereocenters. The summed E-state index contributed by atoms with van der Waals surface area (Å²) in [6.45, 7) is 0.375. The molecule has 0 saturated heterocycles. The Labute approximate surface area is 86.5 Å². The van der Waals surface area contributed by atoms with E-state index in [1.54, 1.807) is 0 Å². The van der Waals surface area contributed by atoms with E-state index < -0.39 is 18.0 Å². The second-order valence-electron chi connectivity index (χ2n) is 2.88. The second-order valence-corrected chi connectivity index (χ2v) is 2.88. The van der Waals surface area contributed by atoms with Crippen LogP contribution in [0.1, 0.15) is 12.8 Å². The molecule has 0 aliphatic carbocycles. The Hall–Kier alpha value is -1.99. The van der Waals surface area contributed by atoms with Crippen LogP contribution in [0.15, 0.2) is 0 Å². The SMILES string of the molecule is N=C(N)NCCC[C@H](NC(N)=O)C(=O)O. The van der Waals surface area contributed by atoms with Crippen LogP contribution in [0.3, 0.4) is 0 Å². The standard InChI is InChI=1S/C7H15N5O3/c8-6(9)11-3-1-2-4(5(13)14)12-7(10)15/h4H,1-3H2,(H,13,14)(H4,8,9,11)(H3,10,12,15)/t4-/m0/s1. The first kappa shape index (κ1) is 13.0. The van der Waals surface area contributed by atoms with Crippen molar-refractivity contribution in [1.82, 2.24) is 10.6 Å². The molecule has 0 spiro atoms. The highest BCUT2D eigenvalue weighted by molar-refractivity contribution is 5.81. The average Bonchev–Trinajstić information content (AvgIpc) is 2.08. The van der Waals surface area contributed by atoms with Gasteiger partial charge in [0.15, 0.2) is 5.96 Å². The van der Waals surface area contributed by atoms with Crippen molar-refractivity contribution in [2.45, 2.75) is 18.9 Å². The van der Waals surface area contributed by atoms with Crippen molar-refractivity contribution in [3.63, 3.8) is 0 Å². The minimum Gasteiger partial charge on any atom is -0.480 e. The summed E-state index contributed by atoms with van der Waals surface area (Å²) in [5.41, 5.74) is 9.82. The molecule has 0 aromatic rings. The van der Waals surface area contributed by atoms with E-state index in [-0.39, 0.29) is 12.4 Å². The number of carbonyl (C=O) groups is 2. The lowest BCUT2D eigenvalue weighted by Gasteiger charge is -2.12. The van der Waals surface area contributed by atoms with Crippen LogP contribution >= 0.6 is 0 Å². The minimum atomic E-state index is -1.14. The minimum absolute atomic E-state index is 0.176. The summed E-state index contributed by atoms with van der Waals surface area (Å²) in [5, 5.41) is 20.1. The number of carbonyl (C=O) groups excluding carboxylic acids is 1. The Morgan fingerprint density at radius 3 is 2.40 bits per heavy atom. The molecule has 0 rings (SSSR count). The zero-order valence-electron chi connectivity index (χ0n) is 8.12. The molecule has 0 radical (unpaired) electrons. The van der Waals surface area contributed by atoms with Gasteiger partial charge in [0.25, 0.3) is 0 Å². The van der Waals surface area contributed by atoms with Gasteiger partial charge in [-0.1, -0.05) is 0 Å². The zero-order chi connectivity index (χ0) is 11.8. The van der Waals surface area contributed by atoms with E-state index in [2.05, 4.69) is 10.6 Å². The third-order valence-electron chi connectivity index (χ3n) is 1.60. The summed E-state index contributed by atoms with van der Waals surface area (Å²) in [6, 6.07) is -1.88. The maximum Gasteiger partial charge on any atom is 0.326 e. The van der Waals surface area contributed by atoms with Gasteiger partial charge in [0.05, 0.1) is 0 Å². The lowest BCUT2D eigenvalue weighted by molar-refractivity contribution is -0.139. The molecule has 0 aromatic heterocycles. The number of primary amides is 1. The highest BCUT2D eigenvalue weighted by atomic mass is 16.4. The van der Waals surface area contributed by atoms with Gasteiger partial charge in [-0.15, -0.1) is 0 Å². The van der Waals surface area contributed by atoms with Crippen LogP contribution in [-0.2, 0) is 4.79 Å². The van der Waals surface area contributed by atoms with Gasteiger partial charge < -0.3 is 27.2 Å². The fourth-order valence-corrected chi connectivity index (χ4v) is 0.958. The van der Waals surface area contributed by atoms with E-state index in [0.29, 0.717) is 13.0 Å². The molecule has 8 nitrogen and oxygen atoms in total. The normalized spacial score (nSPS) is 11.5. The first-order valence-corrected chi connectivity index (χ1v) is 4.30. The first-order chi connectivity index (χ1) is 6.93. The smallest absolute Gasteiger partial charge is 0.326 e. The van der Waals surface area contributed by atoms with Gasteiger partial charge in [-0.3, -0.25) is 5.41 Å². The number of carboxylic acids is 1. The van der Waals surface area contributed by atoms with Gasteiger partial charge in [0, 0.05) is 6.54 Å². The van der Waals surface area contributed by atoms with E-state index in [1.165, 1.54) is 0 Å². The number of aliphatic carboxylic acids is 1. The molecule has 0 heterocycles. The fourth-order valence-electron chi connectivity index (χ4n) is 0.958. The maximum absolute atomic E-state index is 10.6. The quantitative estimate of drug-likeness (QED) is 0.179. The number of amides is 2. The number of rotatable bonds is 6. The van der Waals surface area contributed by atoms with Crippen LogP contribution in [0, 0.1) is 5.41 Å². The van der Waals surface area contributed by atoms with Gasteiger partial charge >= 0.3 is 12.0 Å². The fraction of sp³-hybridized carbons (Fsp3) is 0.571. The van der Waals surface area contributed by atoms with E-state index in [9.17, 15) is 9.59 Å². The molecular weight excluding hydrogens is 202 g/mol. The monoisotopic (exact) mass is 217 g/mol. The number of nitrogens with two attached hydrogens (primary N) is 2. The lowest BCUT2D eigenvalue weighted by Crippen LogP contribution is -2.44. The van der Waals surface area contributed by atoms with Crippen LogP contribution in [0.5, 0.6) is 0 Å². The van der Waals surface area contributed by atoms with E-state index >= 15 is 0 Å². The molecule has 15 heavy (non-hydrogen) atoms. The van der Waals surface area contributed by atoms with Crippen LogP contribution in [0.2, 0.25) is 0 Å². The topological polar surface area (TPSA) is 154 Å². The van der Waals surface area contributed by atoms with Gasteiger partial charge in [-0.05, 0) is 12.8 Å². The summed E-state index contributed by atoms with van der Waals surface area (Å²) in [4.78, 5) is 21.0. The average molecular weight is 217 g/mol. The van der Waals surface area contributed by atoms with E-state index in [1.807, 2.05) is 0 Å². The molecule has 8 N–H and O–H groups in total. The molecule has 0 aliphatic rings. The largest absolute Gasteiger partial charge is 0.480 e. The molecule has 8 heteroatoms. The molecule has 0 aromatic carbocycles. The number of urea groups is 1. The van der Waals surface area contributed by atoms with Crippen molar-refractivity contribution in [1.29, 1.82) is 5.41 Å². The van der Waals surface area contributed by atoms with Crippen molar-refractivity contribution in [3.05, 3.63) is 0 Å². The summed E-state index contributed by atoms with van der Waals surface area (Å²) >= 11 is 0. The molecule has 86 valence electrons. The summed E-state index contributed by atoms with van der Waals surface area (Å²) in [7, 11) is 0.